The lowest BCUT2D eigenvalue weighted by molar-refractivity contribution is -0.140. The molecule has 0 unspecified atom stereocenters. The number of hydrogen-bond acceptors (Lipinski definition) is 7. The number of anilines is 1. The van der Waals surface area contributed by atoms with E-state index in [1.807, 2.05) is 5.38 Å². The van der Waals surface area contributed by atoms with Gasteiger partial charge in [0.05, 0.1) is 19.0 Å². The Labute approximate surface area is 118 Å². The highest BCUT2D eigenvalue weighted by Crippen LogP contribution is 2.18. The molecular formula is C12H13N3O4S. The topological polar surface area (TPSA) is 94.3 Å². The number of rotatable bonds is 6. The van der Waals surface area contributed by atoms with Crippen LogP contribution in [0.2, 0.25) is 0 Å². The molecule has 20 heavy (non-hydrogen) atoms. The predicted octanol–water partition coefficient (Wildman–Crippen LogP) is 1.88. The van der Waals surface area contributed by atoms with Gasteiger partial charge in [0.25, 0.3) is 5.91 Å². The average Bonchev–Trinajstić information content (AvgIpc) is 3.10. The van der Waals surface area contributed by atoms with Gasteiger partial charge < -0.3 is 9.26 Å². The number of hydrogen-bond donors (Lipinski definition) is 1. The molecule has 0 fully saturated rings. The van der Waals surface area contributed by atoms with Crippen LogP contribution in [0.15, 0.2) is 22.2 Å². The largest absolute Gasteiger partial charge is 0.469 e. The zero-order valence-electron chi connectivity index (χ0n) is 10.8. The molecule has 0 saturated carbocycles. The Balaban J connectivity index is 1.83. The number of aryl methyl sites for hydroxylation is 1. The lowest BCUT2D eigenvalue weighted by Gasteiger charge is -1.98. The van der Waals surface area contributed by atoms with Gasteiger partial charge in [-0.2, -0.15) is 0 Å². The van der Waals surface area contributed by atoms with Crippen LogP contribution >= 0.6 is 11.3 Å². The Morgan fingerprint density at radius 2 is 2.35 bits per heavy atom. The number of amides is 1. The Morgan fingerprint density at radius 1 is 1.50 bits per heavy atom. The van der Waals surface area contributed by atoms with Gasteiger partial charge in [-0.1, -0.05) is 5.16 Å². The van der Waals surface area contributed by atoms with Crippen molar-refractivity contribution in [2.75, 3.05) is 12.4 Å². The first-order valence-electron chi connectivity index (χ1n) is 5.92. The van der Waals surface area contributed by atoms with Crippen molar-refractivity contribution in [2.45, 2.75) is 19.3 Å². The van der Waals surface area contributed by atoms with Gasteiger partial charge in [0, 0.05) is 17.9 Å². The van der Waals surface area contributed by atoms with E-state index < -0.39 is 5.91 Å². The van der Waals surface area contributed by atoms with Gasteiger partial charge in [-0.3, -0.25) is 14.9 Å². The first-order chi connectivity index (χ1) is 9.69. The third-order valence-corrected chi connectivity index (χ3v) is 3.28. The molecule has 0 aliphatic heterocycles. The van der Waals surface area contributed by atoms with Crippen LogP contribution in [0.1, 0.15) is 29.1 Å². The van der Waals surface area contributed by atoms with E-state index >= 15 is 0 Å². The van der Waals surface area contributed by atoms with Gasteiger partial charge in [0.2, 0.25) is 5.76 Å². The Bertz CT molecular complexity index is 579. The van der Waals surface area contributed by atoms with E-state index in [2.05, 4.69) is 20.2 Å². The summed E-state index contributed by atoms with van der Waals surface area (Å²) in [6.45, 7) is 0. The number of aromatic nitrogens is 2. The van der Waals surface area contributed by atoms with E-state index in [0.717, 1.165) is 5.69 Å². The van der Waals surface area contributed by atoms with Gasteiger partial charge in [0.1, 0.15) is 0 Å². The first kappa shape index (κ1) is 14.2. The van der Waals surface area contributed by atoms with Crippen LogP contribution in [-0.4, -0.2) is 29.1 Å². The second kappa shape index (κ2) is 6.80. The monoisotopic (exact) mass is 295 g/mol. The Hall–Kier alpha value is -2.22. The molecule has 2 heterocycles. The first-order valence-corrected chi connectivity index (χ1v) is 6.80. The maximum Gasteiger partial charge on any atom is 0.305 e. The molecule has 0 saturated heterocycles. The minimum absolute atomic E-state index is 0.132. The van der Waals surface area contributed by atoms with E-state index in [-0.39, 0.29) is 11.7 Å². The summed E-state index contributed by atoms with van der Waals surface area (Å²) in [5.74, 6) is -0.496. The summed E-state index contributed by atoms with van der Waals surface area (Å²) >= 11 is 1.32. The van der Waals surface area contributed by atoms with Gasteiger partial charge in [0.15, 0.2) is 5.13 Å². The molecule has 0 radical (unpaired) electrons. The van der Waals surface area contributed by atoms with Crippen LogP contribution < -0.4 is 5.32 Å². The van der Waals surface area contributed by atoms with Crippen molar-refractivity contribution in [2.24, 2.45) is 0 Å². The summed E-state index contributed by atoms with van der Waals surface area (Å²) in [6.07, 6.45) is 3.07. The van der Waals surface area contributed by atoms with Crippen LogP contribution in [0, 0.1) is 0 Å². The van der Waals surface area contributed by atoms with Crippen LogP contribution in [0.3, 0.4) is 0 Å². The minimum atomic E-state index is -0.391. The number of esters is 1. The highest BCUT2D eigenvalue weighted by molar-refractivity contribution is 7.13. The van der Waals surface area contributed by atoms with Crippen molar-refractivity contribution in [1.82, 2.24) is 10.1 Å². The molecule has 8 heteroatoms. The summed E-state index contributed by atoms with van der Waals surface area (Å²) in [5.41, 5.74) is 0.826. The van der Waals surface area contributed by atoms with Crippen LogP contribution in [-0.2, 0) is 16.0 Å². The lowest BCUT2D eigenvalue weighted by Crippen LogP contribution is -2.10. The molecular weight excluding hydrogens is 282 g/mol. The van der Waals surface area contributed by atoms with Crippen molar-refractivity contribution in [3.63, 3.8) is 0 Å². The Kier molecular flexibility index (Phi) is 4.83. The third-order valence-electron chi connectivity index (χ3n) is 2.48. The normalized spacial score (nSPS) is 10.2. The number of methoxy groups -OCH3 is 1. The molecule has 1 N–H and O–H groups in total. The summed E-state index contributed by atoms with van der Waals surface area (Å²) in [4.78, 5) is 26.9. The SMILES string of the molecule is COC(=O)CCCc1csc(NC(=O)c2ccno2)n1. The van der Waals surface area contributed by atoms with Crippen LogP contribution in [0.25, 0.3) is 0 Å². The summed E-state index contributed by atoms with van der Waals surface area (Å²) in [7, 11) is 1.36. The van der Waals surface area contributed by atoms with E-state index in [1.54, 1.807) is 0 Å². The summed E-state index contributed by atoms with van der Waals surface area (Å²) < 4.78 is 9.30. The molecule has 0 spiro atoms. The van der Waals surface area contributed by atoms with E-state index in [1.165, 1.54) is 30.7 Å². The van der Waals surface area contributed by atoms with Crippen LogP contribution in [0.4, 0.5) is 5.13 Å². The van der Waals surface area contributed by atoms with Gasteiger partial charge in [-0.05, 0) is 12.8 Å². The molecule has 0 aromatic carbocycles. The highest BCUT2D eigenvalue weighted by Gasteiger charge is 2.12. The number of ether oxygens (including phenoxy) is 1. The van der Waals surface area contributed by atoms with Gasteiger partial charge in [-0.15, -0.1) is 11.3 Å². The van der Waals surface area contributed by atoms with E-state index in [9.17, 15) is 9.59 Å². The lowest BCUT2D eigenvalue weighted by atomic mass is 10.2. The molecule has 7 nitrogen and oxygen atoms in total. The zero-order chi connectivity index (χ0) is 14.4. The average molecular weight is 295 g/mol. The predicted molar refractivity (Wildman–Crippen MR) is 71.5 cm³/mol. The zero-order valence-corrected chi connectivity index (χ0v) is 11.6. The van der Waals surface area contributed by atoms with Crippen molar-refractivity contribution in [3.05, 3.63) is 29.1 Å². The van der Waals surface area contributed by atoms with Crippen molar-refractivity contribution < 1.29 is 18.8 Å². The standard InChI is InChI=1S/C12H13N3O4S/c1-18-10(16)4-2-3-8-7-20-12(14-8)15-11(17)9-5-6-13-19-9/h5-7H,2-4H2,1H3,(H,14,15,17). The fourth-order valence-corrected chi connectivity index (χ4v) is 2.23. The summed E-state index contributed by atoms with van der Waals surface area (Å²) in [5, 5.41) is 8.40. The molecule has 2 rings (SSSR count). The maximum absolute atomic E-state index is 11.7. The fraction of sp³-hybridized carbons (Fsp3) is 0.333. The van der Waals surface area contributed by atoms with Crippen LogP contribution in [0.5, 0.6) is 0 Å². The highest BCUT2D eigenvalue weighted by atomic mass is 32.1. The summed E-state index contributed by atoms with van der Waals surface area (Å²) in [6, 6.07) is 1.47. The third kappa shape index (κ3) is 3.89. The van der Waals surface area contributed by atoms with Gasteiger partial charge in [-0.25, -0.2) is 4.98 Å². The number of nitrogens with zero attached hydrogens (tertiary/aromatic N) is 2. The second-order valence-corrected chi connectivity index (χ2v) is 4.76. The fourth-order valence-electron chi connectivity index (χ4n) is 1.49. The van der Waals surface area contributed by atoms with Crippen molar-refractivity contribution >= 4 is 28.3 Å². The van der Waals surface area contributed by atoms with Gasteiger partial charge >= 0.3 is 5.97 Å². The number of carbonyl (C=O) groups excluding carboxylic acids is 2. The Morgan fingerprint density at radius 3 is 3.05 bits per heavy atom. The molecule has 1 amide bonds. The molecule has 106 valence electrons. The molecule has 0 atom stereocenters. The molecule has 0 aliphatic rings. The molecule has 0 bridgehead atoms. The van der Waals surface area contributed by atoms with E-state index in [0.29, 0.717) is 24.4 Å². The maximum atomic E-state index is 11.7. The number of carbonyl (C=O) groups is 2. The minimum Gasteiger partial charge on any atom is -0.469 e. The van der Waals surface area contributed by atoms with Crippen molar-refractivity contribution in [1.29, 1.82) is 0 Å². The smallest absolute Gasteiger partial charge is 0.305 e. The number of thiazole rings is 1. The molecule has 2 aromatic heterocycles. The second-order valence-electron chi connectivity index (χ2n) is 3.90. The van der Waals surface area contributed by atoms with E-state index in [4.69, 9.17) is 4.52 Å². The quantitative estimate of drug-likeness (QED) is 0.818. The molecule has 2 aromatic rings. The number of nitrogens with one attached hydrogen (secondary N) is 1. The molecule has 0 aliphatic carbocycles. The van der Waals surface area contributed by atoms with Crippen molar-refractivity contribution in [3.8, 4) is 0 Å².